The van der Waals surface area contributed by atoms with Crippen LogP contribution in [0.5, 0.6) is 0 Å². The molecule has 0 saturated heterocycles. The Bertz CT molecular complexity index is 620. The van der Waals surface area contributed by atoms with Gasteiger partial charge in [0, 0.05) is 16.1 Å². The second-order valence-corrected chi connectivity index (χ2v) is 6.00. The lowest BCUT2D eigenvalue weighted by molar-refractivity contribution is 0.722. The smallest absolute Gasteiger partial charge is 0.192 e. The van der Waals surface area contributed by atoms with Crippen molar-refractivity contribution in [1.29, 1.82) is 5.41 Å². The summed E-state index contributed by atoms with van der Waals surface area (Å²) in [4.78, 5) is 5.78. The monoisotopic (exact) mass is 303 g/mol. The van der Waals surface area contributed by atoms with E-state index in [1.54, 1.807) is 11.3 Å². The molecule has 112 valence electrons. The first-order valence-electron chi connectivity index (χ1n) is 7.06. The molecule has 1 aromatic carbocycles. The SMILES string of the molecule is CCCCCc1sc(NC(=N)N)nc1-c1cccc(N)c1. The molecule has 0 unspecified atom stereocenters. The zero-order valence-corrected chi connectivity index (χ0v) is 13.0. The fourth-order valence-electron chi connectivity index (χ4n) is 2.14. The predicted molar refractivity (Wildman–Crippen MR) is 90.7 cm³/mol. The van der Waals surface area contributed by atoms with Gasteiger partial charge in [0.1, 0.15) is 0 Å². The number of anilines is 2. The Morgan fingerprint density at radius 3 is 2.86 bits per heavy atom. The second-order valence-electron chi connectivity index (χ2n) is 4.91. The van der Waals surface area contributed by atoms with Gasteiger partial charge in [-0.2, -0.15) is 0 Å². The van der Waals surface area contributed by atoms with Crippen molar-refractivity contribution in [2.24, 2.45) is 5.73 Å². The predicted octanol–water partition coefficient (Wildman–Crippen LogP) is 3.43. The third-order valence-electron chi connectivity index (χ3n) is 3.11. The Kier molecular flexibility index (Phi) is 5.16. The molecule has 0 aliphatic carbocycles. The maximum Gasteiger partial charge on any atom is 0.192 e. The molecule has 0 aliphatic heterocycles. The number of nitrogens with two attached hydrogens (primary N) is 2. The van der Waals surface area contributed by atoms with Gasteiger partial charge in [-0.1, -0.05) is 31.9 Å². The largest absolute Gasteiger partial charge is 0.399 e. The van der Waals surface area contributed by atoms with Gasteiger partial charge in [0.25, 0.3) is 0 Å². The molecule has 6 heteroatoms. The van der Waals surface area contributed by atoms with E-state index in [0.29, 0.717) is 5.13 Å². The fraction of sp³-hybridized carbons (Fsp3) is 0.333. The summed E-state index contributed by atoms with van der Waals surface area (Å²) in [5.74, 6) is -0.0945. The van der Waals surface area contributed by atoms with Crippen LogP contribution in [-0.4, -0.2) is 10.9 Å². The summed E-state index contributed by atoms with van der Waals surface area (Å²) in [6, 6.07) is 7.72. The van der Waals surface area contributed by atoms with E-state index in [4.69, 9.17) is 16.9 Å². The number of nitrogens with zero attached hydrogens (tertiary/aromatic N) is 1. The molecule has 0 saturated carbocycles. The molecule has 0 fully saturated rings. The summed E-state index contributed by atoms with van der Waals surface area (Å²) in [6.45, 7) is 2.19. The van der Waals surface area contributed by atoms with Gasteiger partial charge >= 0.3 is 0 Å². The fourth-order valence-corrected chi connectivity index (χ4v) is 3.17. The summed E-state index contributed by atoms with van der Waals surface area (Å²) < 4.78 is 0. The summed E-state index contributed by atoms with van der Waals surface area (Å²) in [5, 5.41) is 10.8. The maximum atomic E-state index is 7.33. The average Bonchev–Trinajstić information content (AvgIpc) is 2.81. The summed E-state index contributed by atoms with van der Waals surface area (Å²) in [6.07, 6.45) is 4.50. The minimum Gasteiger partial charge on any atom is -0.399 e. The third-order valence-corrected chi connectivity index (χ3v) is 4.14. The molecule has 2 rings (SSSR count). The molecule has 6 N–H and O–H groups in total. The Labute approximate surface area is 128 Å². The zero-order chi connectivity index (χ0) is 15.2. The Morgan fingerprint density at radius 2 is 2.19 bits per heavy atom. The zero-order valence-electron chi connectivity index (χ0n) is 12.1. The van der Waals surface area contributed by atoms with Crippen LogP contribution in [0.1, 0.15) is 31.1 Å². The van der Waals surface area contributed by atoms with Crippen molar-refractivity contribution in [3.63, 3.8) is 0 Å². The molecule has 2 aromatic rings. The van der Waals surface area contributed by atoms with Crippen molar-refractivity contribution in [2.45, 2.75) is 32.6 Å². The number of nitrogen functional groups attached to an aromatic ring is 1. The minimum atomic E-state index is -0.0945. The van der Waals surface area contributed by atoms with Gasteiger partial charge in [-0.3, -0.25) is 5.41 Å². The molecule has 21 heavy (non-hydrogen) atoms. The van der Waals surface area contributed by atoms with Gasteiger partial charge < -0.3 is 16.8 Å². The van der Waals surface area contributed by atoms with Crippen LogP contribution >= 0.6 is 11.3 Å². The molecule has 0 bridgehead atoms. The summed E-state index contributed by atoms with van der Waals surface area (Å²) in [7, 11) is 0. The molecule has 0 aliphatic rings. The first kappa shape index (κ1) is 15.3. The number of rotatable bonds is 6. The van der Waals surface area contributed by atoms with Gasteiger partial charge in [0.05, 0.1) is 5.69 Å². The van der Waals surface area contributed by atoms with E-state index in [9.17, 15) is 0 Å². The van der Waals surface area contributed by atoms with Crippen LogP contribution in [0.4, 0.5) is 10.8 Å². The molecular weight excluding hydrogens is 282 g/mol. The molecule has 0 radical (unpaired) electrons. The first-order valence-corrected chi connectivity index (χ1v) is 7.88. The van der Waals surface area contributed by atoms with Gasteiger partial charge in [0.15, 0.2) is 11.1 Å². The van der Waals surface area contributed by atoms with E-state index in [0.717, 1.165) is 29.8 Å². The highest BCUT2D eigenvalue weighted by Crippen LogP contribution is 2.33. The molecule has 0 spiro atoms. The first-order chi connectivity index (χ1) is 10.1. The molecular formula is C15H21N5S. The molecule has 0 atom stereocenters. The quantitative estimate of drug-likeness (QED) is 0.284. The number of guanidine groups is 1. The van der Waals surface area contributed by atoms with Crippen LogP contribution in [0, 0.1) is 5.41 Å². The number of hydrogen-bond donors (Lipinski definition) is 4. The summed E-state index contributed by atoms with van der Waals surface area (Å²) >= 11 is 1.56. The lowest BCUT2D eigenvalue weighted by Gasteiger charge is -2.03. The number of nitrogens with one attached hydrogen (secondary N) is 2. The Balaban J connectivity index is 2.31. The number of benzene rings is 1. The normalized spacial score (nSPS) is 10.5. The van der Waals surface area contributed by atoms with E-state index >= 15 is 0 Å². The van der Waals surface area contributed by atoms with E-state index in [-0.39, 0.29) is 5.96 Å². The average molecular weight is 303 g/mol. The van der Waals surface area contributed by atoms with E-state index in [1.807, 2.05) is 24.3 Å². The van der Waals surface area contributed by atoms with Crippen LogP contribution in [0.3, 0.4) is 0 Å². The lowest BCUT2D eigenvalue weighted by Crippen LogP contribution is -2.20. The highest BCUT2D eigenvalue weighted by molar-refractivity contribution is 7.16. The minimum absolute atomic E-state index is 0.0945. The van der Waals surface area contributed by atoms with Crippen LogP contribution in [-0.2, 0) is 6.42 Å². The number of aromatic nitrogens is 1. The lowest BCUT2D eigenvalue weighted by atomic mass is 10.1. The topological polar surface area (TPSA) is 101 Å². The van der Waals surface area contributed by atoms with Crippen LogP contribution < -0.4 is 16.8 Å². The van der Waals surface area contributed by atoms with Crippen molar-refractivity contribution in [2.75, 3.05) is 11.1 Å². The molecule has 1 heterocycles. The maximum absolute atomic E-state index is 7.33. The second kappa shape index (κ2) is 7.08. The molecule has 1 aromatic heterocycles. The summed E-state index contributed by atoms with van der Waals surface area (Å²) in [5.41, 5.74) is 13.9. The third kappa shape index (κ3) is 4.19. The number of aryl methyl sites for hydroxylation is 1. The highest BCUT2D eigenvalue weighted by Gasteiger charge is 2.13. The number of hydrogen-bond acceptors (Lipinski definition) is 4. The Hall–Kier alpha value is -2.08. The van der Waals surface area contributed by atoms with Gasteiger partial charge in [-0.05, 0) is 25.0 Å². The van der Waals surface area contributed by atoms with E-state index < -0.39 is 0 Å². The van der Waals surface area contributed by atoms with Gasteiger partial charge in [0.2, 0.25) is 0 Å². The van der Waals surface area contributed by atoms with E-state index in [2.05, 4.69) is 17.2 Å². The van der Waals surface area contributed by atoms with Crippen molar-refractivity contribution < 1.29 is 0 Å². The number of thiazole rings is 1. The highest BCUT2D eigenvalue weighted by atomic mass is 32.1. The van der Waals surface area contributed by atoms with Gasteiger partial charge in [-0.25, -0.2) is 4.98 Å². The van der Waals surface area contributed by atoms with Crippen LogP contribution in [0.2, 0.25) is 0 Å². The standard InChI is InChI=1S/C15H21N5S/c1-2-3-4-8-12-13(10-6-5-7-11(16)9-10)19-15(21-12)20-14(17)18/h5-7,9H,2-4,8,16H2,1H3,(H4,17,18,19,20). The van der Waals surface area contributed by atoms with Crippen LogP contribution in [0.15, 0.2) is 24.3 Å². The van der Waals surface area contributed by atoms with Gasteiger partial charge in [-0.15, -0.1) is 11.3 Å². The van der Waals surface area contributed by atoms with E-state index in [1.165, 1.54) is 17.7 Å². The van der Waals surface area contributed by atoms with Crippen molar-refractivity contribution in [3.05, 3.63) is 29.1 Å². The molecule has 5 nitrogen and oxygen atoms in total. The Morgan fingerprint density at radius 1 is 1.38 bits per heavy atom. The van der Waals surface area contributed by atoms with Crippen molar-refractivity contribution in [1.82, 2.24) is 4.98 Å². The van der Waals surface area contributed by atoms with Crippen LogP contribution in [0.25, 0.3) is 11.3 Å². The van der Waals surface area contributed by atoms with Crippen molar-refractivity contribution >= 4 is 28.1 Å². The van der Waals surface area contributed by atoms with Crippen molar-refractivity contribution in [3.8, 4) is 11.3 Å². The number of unbranched alkanes of at least 4 members (excludes halogenated alkanes) is 2. The molecule has 0 amide bonds.